The number of aryl methyl sites for hydroxylation is 1. The van der Waals surface area contributed by atoms with Crippen molar-refractivity contribution in [2.24, 2.45) is 0 Å². The molecule has 0 radical (unpaired) electrons. The third-order valence-corrected chi connectivity index (χ3v) is 3.18. The molecule has 0 amide bonds. The fraction of sp³-hybridized carbons (Fsp3) is 0.500. The van der Waals surface area contributed by atoms with Crippen molar-refractivity contribution >= 4 is 11.6 Å². The lowest BCUT2D eigenvalue weighted by Crippen LogP contribution is -2.20. The normalized spacial score (nSPS) is 13.8. The summed E-state index contributed by atoms with van der Waals surface area (Å²) in [4.78, 5) is 0. The fourth-order valence-electron chi connectivity index (χ4n) is 1.70. The van der Waals surface area contributed by atoms with Crippen LogP contribution in [0, 0.1) is 6.92 Å². The molecule has 1 unspecified atom stereocenters. The van der Waals surface area contributed by atoms with Crippen LogP contribution in [0.5, 0.6) is 0 Å². The molecule has 96 valence electrons. The minimum absolute atomic E-state index is 0.0107. The molecule has 1 atom stereocenters. The van der Waals surface area contributed by atoms with E-state index in [4.69, 9.17) is 11.6 Å². The zero-order valence-electron chi connectivity index (χ0n) is 9.74. The van der Waals surface area contributed by atoms with Crippen LogP contribution in [0.2, 0.25) is 5.02 Å². The van der Waals surface area contributed by atoms with E-state index in [1.807, 2.05) is 13.0 Å². The zero-order chi connectivity index (χ0) is 13.1. The first-order valence-electron chi connectivity index (χ1n) is 5.34. The summed E-state index contributed by atoms with van der Waals surface area (Å²) in [6.07, 6.45) is -4.96. The van der Waals surface area contributed by atoms with E-state index >= 15 is 0 Å². The summed E-state index contributed by atoms with van der Waals surface area (Å²) in [5.41, 5.74) is 1.59. The summed E-state index contributed by atoms with van der Waals surface area (Å²) in [6, 6.07) is 5.02. The van der Waals surface area contributed by atoms with Crippen LogP contribution < -0.4 is 5.32 Å². The molecule has 1 N–H and O–H groups in total. The molecule has 1 nitrogen and oxygen atoms in total. The molecule has 0 heterocycles. The summed E-state index contributed by atoms with van der Waals surface area (Å²) in [5, 5.41) is 3.41. The average Bonchev–Trinajstić information content (AvgIpc) is 2.23. The maximum absolute atomic E-state index is 12.2. The number of benzene rings is 1. The lowest BCUT2D eigenvalue weighted by molar-refractivity contribution is -0.136. The molecule has 0 fully saturated rings. The van der Waals surface area contributed by atoms with Gasteiger partial charge in [0, 0.05) is 17.5 Å². The number of rotatable bonds is 4. The van der Waals surface area contributed by atoms with Crippen LogP contribution in [0.1, 0.15) is 30.0 Å². The van der Waals surface area contributed by atoms with Gasteiger partial charge in [0.15, 0.2) is 0 Å². The van der Waals surface area contributed by atoms with Gasteiger partial charge in [-0.25, -0.2) is 0 Å². The predicted octanol–water partition coefficient (Wildman–Crippen LogP) is 4.25. The van der Waals surface area contributed by atoms with Gasteiger partial charge in [0.2, 0.25) is 0 Å². The molecule has 5 heteroatoms. The van der Waals surface area contributed by atoms with Crippen molar-refractivity contribution in [2.45, 2.75) is 32.0 Å². The summed E-state index contributed by atoms with van der Waals surface area (Å²) in [7, 11) is 1.64. The fourth-order valence-corrected chi connectivity index (χ4v) is 1.96. The third-order valence-electron chi connectivity index (χ3n) is 2.66. The Bertz CT molecular complexity index is 377. The molecule has 1 rings (SSSR count). The van der Waals surface area contributed by atoms with E-state index in [2.05, 4.69) is 5.32 Å². The maximum Gasteiger partial charge on any atom is 0.389 e. The molecule has 0 spiro atoms. The highest BCUT2D eigenvalue weighted by molar-refractivity contribution is 6.32. The third kappa shape index (κ3) is 4.21. The van der Waals surface area contributed by atoms with Gasteiger partial charge in [-0.1, -0.05) is 29.8 Å². The highest BCUT2D eigenvalue weighted by Crippen LogP contribution is 2.31. The number of hydrogen-bond acceptors (Lipinski definition) is 1. The number of hydrogen-bond donors (Lipinski definition) is 1. The molecule has 0 bridgehead atoms. The summed E-state index contributed by atoms with van der Waals surface area (Å²) in [5.74, 6) is 0. The van der Waals surface area contributed by atoms with Gasteiger partial charge < -0.3 is 5.32 Å². The minimum Gasteiger partial charge on any atom is -0.313 e. The molecule has 0 aliphatic heterocycles. The van der Waals surface area contributed by atoms with Crippen LogP contribution in [0.3, 0.4) is 0 Å². The smallest absolute Gasteiger partial charge is 0.313 e. The summed E-state index contributed by atoms with van der Waals surface area (Å²) < 4.78 is 36.6. The second-order valence-electron chi connectivity index (χ2n) is 3.97. The van der Waals surface area contributed by atoms with E-state index in [1.165, 1.54) is 0 Å². The van der Waals surface area contributed by atoms with E-state index in [0.29, 0.717) is 5.02 Å². The predicted molar refractivity (Wildman–Crippen MR) is 63.3 cm³/mol. The van der Waals surface area contributed by atoms with E-state index in [-0.39, 0.29) is 12.5 Å². The molecule has 0 aliphatic carbocycles. The molecule has 0 saturated carbocycles. The zero-order valence-corrected chi connectivity index (χ0v) is 10.5. The Morgan fingerprint density at radius 3 is 2.53 bits per heavy atom. The number of nitrogens with one attached hydrogen (secondary N) is 1. The Hall–Kier alpha value is -0.740. The van der Waals surface area contributed by atoms with Gasteiger partial charge in [0.05, 0.1) is 0 Å². The average molecular weight is 266 g/mol. The van der Waals surface area contributed by atoms with E-state index in [0.717, 1.165) is 11.1 Å². The van der Waals surface area contributed by atoms with Crippen molar-refractivity contribution in [3.05, 3.63) is 34.3 Å². The summed E-state index contributed by atoms with van der Waals surface area (Å²) >= 11 is 6.10. The van der Waals surface area contributed by atoms with E-state index in [1.54, 1.807) is 19.2 Å². The van der Waals surface area contributed by atoms with Crippen molar-refractivity contribution in [3.63, 3.8) is 0 Å². The van der Waals surface area contributed by atoms with Crippen LogP contribution in [0.15, 0.2) is 18.2 Å². The largest absolute Gasteiger partial charge is 0.389 e. The first-order valence-corrected chi connectivity index (χ1v) is 5.72. The van der Waals surface area contributed by atoms with E-state index < -0.39 is 12.6 Å². The molecule has 1 aromatic rings. The molecular weight excluding hydrogens is 251 g/mol. The molecule has 17 heavy (non-hydrogen) atoms. The van der Waals surface area contributed by atoms with Gasteiger partial charge in [-0.05, 0) is 31.5 Å². The highest BCUT2D eigenvalue weighted by atomic mass is 35.5. The Kier molecular flexibility index (Phi) is 4.83. The highest BCUT2D eigenvalue weighted by Gasteiger charge is 2.28. The SMILES string of the molecule is CNC(CCC(F)(F)F)c1cccc(C)c1Cl. The monoisotopic (exact) mass is 265 g/mol. The summed E-state index contributed by atoms with van der Waals surface area (Å²) in [6.45, 7) is 1.84. The van der Waals surface area contributed by atoms with Crippen molar-refractivity contribution in [3.8, 4) is 0 Å². The Balaban J connectivity index is 2.83. The molecular formula is C12H15ClF3N. The quantitative estimate of drug-likeness (QED) is 0.858. The molecule has 0 aliphatic rings. The van der Waals surface area contributed by atoms with Crippen LogP contribution in [0.4, 0.5) is 13.2 Å². The van der Waals surface area contributed by atoms with Crippen LogP contribution in [0.25, 0.3) is 0 Å². The Labute approximate surface area is 104 Å². The lowest BCUT2D eigenvalue weighted by Gasteiger charge is -2.19. The van der Waals surface area contributed by atoms with Crippen molar-refractivity contribution in [1.82, 2.24) is 5.32 Å². The first kappa shape index (κ1) is 14.3. The second kappa shape index (κ2) is 5.74. The van der Waals surface area contributed by atoms with Crippen molar-refractivity contribution in [2.75, 3.05) is 7.05 Å². The van der Waals surface area contributed by atoms with Gasteiger partial charge in [0.25, 0.3) is 0 Å². The number of alkyl halides is 3. The number of halogens is 4. The topological polar surface area (TPSA) is 12.0 Å². The van der Waals surface area contributed by atoms with Gasteiger partial charge in [-0.2, -0.15) is 13.2 Å². The lowest BCUT2D eigenvalue weighted by atomic mass is 10.00. The molecule has 0 saturated heterocycles. The second-order valence-corrected chi connectivity index (χ2v) is 4.35. The Morgan fingerprint density at radius 1 is 1.35 bits per heavy atom. The van der Waals surface area contributed by atoms with Gasteiger partial charge >= 0.3 is 6.18 Å². The van der Waals surface area contributed by atoms with Crippen LogP contribution in [-0.2, 0) is 0 Å². The van der Waals surface area contributed by atoms with Crippen LogP contribution >= 0.6 is 11.6 Å². The van der Waals surface area contributed by atoms with Gasteiger partial charge in [0.1, 0.15) is 0 Å². The van der Waals surface area contributed by atoms with Crippen molar-refractivity contribution < 1.29 is 13.2 Å². The Morgan fingerprint density at radius 2 is 2.00 bits per heavy atom. The minimum atomic E-state index is -4.13. The van der Waals surface area contributed by atoms with Gasteiger partial charge in [-0.15, -0.1) is 0 Å². The first-order chi connectivity index (χ1) is 7.85. The molecule has 0 aromatic heterocycles. The molecule has 1 aromatic carbocycles. The maximum atomic E-state index is 12.2. The van der Waals surface area contributed by atoms with Gasteiger partial charge in [-0.3, -0.25) is 0 Å². The van der Waals surface area contributed by atoms with Crippen molar-refractivity contribution in [1.29, 1.82) is 0 Å². The van der Waals surface area contributed by atoms with Crippen LogP contribution in [-0.4, -0.2) is 13.2 Å². The standard InChI is InChI=1S/C12H15ClF3N/c1-8-4-3-5-9(11(8)13)10(17-2)6-7-12(14,15)16/h3-5,10,17H,6-7H2,1-2H3. The van der Waals surface area contributed by atoms with E-state index in [9.17, 15) is 13.2 Å².